The number of rotatable bonds is 3. The van der Waals surface area contributed by atoms with E-state index in [0.29, 0.717) is 18.6 Å². The summed E-state index contributed by atoms with van der Waals surface area (Å²) in [4.78, 5) is 14.5. The topological polar surface area (TPSA) is 41.6 Å². The van der Waals surface area contributed by atoms with E-state index >= 15 is 0 Å². The van der Waals surface area contributed by atoms with Gasteiger partial charge in [0.1, 0.15) is 6.04 Å². The number of piperazine rings is 1. The van der Waals surface area contributed by atoms with Gasteiger partial charge in [-0.1, -0.05) is 19.8 Å². The van der Waals surface area contributed by atoms with Crippen molar-refractivity contribution < 1.29 is 9.53 Å². The molecule has 3 unspecified atom stereocenters. The molecule has 1 saturated heterocycles. The zero-order valence-corrected chi connectivity index (χ0v) is 11.7. The predicted octanol–water partition coefficient (Wildman–Crippen LogP) is 1.40. The summed E-state index contributed by atoms with van der Waals surface area (Å²) in [5.74, 6) is 0.649. The second kappa shape index (κ2) is 6.53. The molecule has 0 bridgehead atoms. The van der Waals surface area contributed by atoms with Gasteiger partial charge in [-0.25, -0.2) is 0 Å². The van der Waals surface area contributed by atoms with Crippen LogP contribution in [0.4, 0.5) is 0 Å². The molecule has 0 spiro atoms. The number of ether oxygens (including phenoxy) is 1. The molecule has 1 aliphatic heterocycles. The van der Waals surface area contributed by atoms with Crippen LogP contribution in [0.5, 0.6) is 0 Å². The van der Waals surface area contributed by atoms with Crippen LogP contribution >= 0.6 is 0 Å². The first-order valence-corrected chi connectivity index (χ1v) is 7.37. The van der Waals surface area contributed by atoms with Crippen LogP contribution < -0.4 is 5.32 Å². The maximum atomic E-state index is 12.1. The van der Waals surface area contributed by atoms with Crippen LogP contribution in [0.3, 0.4) is 0 Å². The molecule has 0 aromatic carbocycles. The van der Waals surface area contributed by atoms with E-state index in [1.54, 1.807) is 0 Å². The number of carbonyl (C=O) groups excluding carboxylic acids is 1. The van der Waals surface area contributed by atoms with Gasteiger partial charge in [-0.05, 0) is 25.7 Å². The second-order valence-corrected chi connectivity index (χ2v) is 5.54. The number of nitrogens with one attached hydrogen (secondary N) is 1. The zero-order valence-electron chi connectivity index (χ0n) is 11.7. The van der Waals surface area contributed by atoms with Gasteiger partial charge in [0.05, 0.1) is 6.61 Å². The van der Waals surface area contributed by atoms with Crippen LogP contribution in [-0.4, -0.2) is 49.2 Å². The number of esters is 1. The van der Waals surface area contributed by atoms with Crippen molar-refractivity contribution in [3.8, 4) is 0 Å². The van der Waals surface area contributed by atoms with E-state index in [2.05, 4.69) is 17.1 Å². The Morgan fingerprint density at radius 3 is 2.89 bits per heavy atom. The second-order valence-electron chi connectivity index (χ2n) is 5.54. The van der Waals surface area contributed by atoms with E-state index in [-0.39, 0.29) is 12.0 Å². The molecule has 104 valence electrons. The molecule has 0 radical (unpaired) electrons. The van der Waals surface area contributed by atoms with Gasteiger partial charge in [-0.3, -0.25) is 9.69 Å². The highest BCUT2D eigenvalue weighted by Gasteiger charge is 2.37. The molecule has 1 saturated carbocycles. The highest BCUT2D eigenvalue weighted by Crippen LogP contribution is 2.29. The van der Waals surface area contributed by atoms with E-state index in [9.17, 15) is 4.79 Å². The minimum atomic E-state index is -0.0794. The lowest BCUT2D eigenvalue weighted by atomic mass is 9.84. The molecule has 4 heteroatoms. The standard InChI is InChI=1S/C14H26N2O2/c1-3-18-14(17)13-10-15-8-9-16(13)12-7-5-4-6-11(12)2/h11-13,15H,3-10H2,1-2H3. The SMILES string of the molecule is CCOC(=O)C1CNCCN1C1CCCCC1C. The summed E-state index contributed by atoms with van der Waals surface area (Å²) in [5.41, 5.74) is 0. The smallest absolute Gasteiger partial charge is 0.324 e. The summed E-state index contributed by atoms with van der Waals surface area (Å²) in [6.45, 7) is 7.37. The third kappa shape index (κ3) is 3.04. The van der Waals surface area contributed by atoms with Gasteiger partial charge in [0.15, 0.2) is 0 Å². The Labute approximate surface area is 110 Å². The predicted molar refractivity (Wildman–Crippen MR) is 71.4 cm³/mol. The Morgan fingerprint density at radius 2 is 2.17 bits per heavy atom. The van der Waals surface area contributed by atoms with Crippen LogP contribution in [0, 0.1) is 5.92 Å². The van der Waals surface area contributed by atoms with E-state index in [1.807, 2.05) is 6.92 Å². The summed E-state index contributed by atoms with van der Waals surface area (Å²) in [6.07, 6.45) is 5.17. The maximum Gasteiger partial charge on any atom is 0.324 e. The number of carbonyl (C=O) groups is 1. The summed E-state index contributed by atoms with van der Waals surface area (Å²) in [5, 5.41) is 3.32. The Kier molecular flexibility index (Phi) is 5.01. The van der Waals surface area contributed by atoms with Gasteiger partial charge >= 0.3 is 5.97 Å². The Hall–Kier alpha value is -0.610. The summed E-state index contributed by atoms with van der Waals surface area (Å²) in [7, 11) is 0. The largest absolute Gasteiger partial charge is 0.465 e. The average molecular weight is 254 g/mol. The van der Waals surface area contributed by atoms with Crippen LogP contribution in [0.1, 0.15) is 39.5 Å². The number of hydrogen-bond donors (Lipinski definition) is 1. The lowest BCUT2D eigenvalue weighted by molar-refractivity contribution is -0.152. The average Bonchev–Trinajstić information content (AvgIpc) is 2.40. The normalized spacial score (nSPS) is 34.2. The van der Waals surface area contributed by atoms with Crippen LogP contribution in [0.25, 0.3) is 0 Å². The highest BCUT2D eigenvalue weighted by atomic mass is 16.5. The minimum absolute atomic E-state index is 0.0533. The van der Waals surface area contributed by atoms with Crippen LogP contribution in [0.15, 0.2) is 0 Å². The molecule has 0 aromatic rings. The monoisotopic (exact) mass is 254 g/mol. The van der Waals surface area contributed by atoms with Crippen LogP contribution in [0.2, 0.25) is 0 Å². The van der Waals surface area contributed by atoms with Crippen molar-refractivity contribution in [1.29, 1.82) is 0 Å². The van der Waals surface area contributed by atoms with Crippen molar-refractivity contribution in [3.63, 3.8) is 0 Å². The lowest BCUT2D eigenvalue weighted by Crippen LogP contribution is -2.60. The molecular formula is C14H26N2O2. The van der Waals surface area contributed by atoms with Gasteiger partial charge in [0.2, 0.25) is 0 Å². The number of nitrogens with zero attached hydrogens (tertiary/aromatic N) is 1. The Bertz CT molecular complexity index is 283. The first-order valence-electron chi connectivity index (χ1n) is 7.37. The molecule has 2 rings (SSSR count). The van der Waals surface area contributed by atoms with E-state index in [1.165, 1.54) is 25.7 Å². The van der Waals surface area contributed by atoms with Crippen molar-refractivity contribution >= 4 is 5.97 Å². The molecule has 0 amide bonds. The lowest BCUT2D eigenvalue weighted by Gasteiger charge is -2.44. The molecule has 0 aromatic heterocycles. The third-order valence-corrected chi connectivity index (χ3v) is 4.34. The fourth-order valence-electron chi connectivity index (χ4n) is 3.36. The molecule has 1 aliphatic carbocycles. The molecule has 4 nitrogen and oxygen atoms in total. The molecule has 2 fully saturated rings. The minimum Gasteiger partial charge on any atom is -0.465 e. The quantitative estimate of drug-likeness (QED) is 0.773. The molecule has 3 atom stereocenters. The van der Waals surface area contributed by atoms with E-state index in [0.717, 1.165) is 19.6 Å². The van der Waals surface area contributed by atoms with Gasteiger partial charge < -0.3 is 10.1 Å². The number of hydrogen-bond acceptors (Lipinski definition) is 4. The molecule has 2 aliphatic rings. The van der Waals surface area contributed by atoms with Crippen molar-refractivity contribution in [2.45, 2.75) is 51.6 Å². The first kappa shape index (κ1) is 13.8. The maximum absolute atomic E-state index is 12.1. The summed E-state index contributed by atoms with van der Waals surface area (Å²) < 4.78 is 5.22. The summed E-state index contributed by atoms with van der Waals surface area (Å²) in [6, 6.07) is 0.486. The Morgan fingerprint density at radius 1 is 1.39 bits per heavy atom. The van der Waals surface area contributed by atoms with Gasteiger partial charge in [0.25, 0.3) is 0 Å². The summed E-state index contributed by atoms with van der Waals surface area (Å²) >= 11 is 0. The van der Waals surface area contributed by atoms with Gasteiger partial charge in [-0.15, -0.1) is 0 Å². The molecule has 1 N–H and O–H groups in total. The fourth-order valence-corrected chi connectivity index (χ4v) is 3.36. The molecule has 1 heterocycles. The van der Waals surface area contributed by atoms with Crippen molar-refractivity contribution in [1.82, 2.24) is 10.2 Å². The van der Waals surface area contributed by atoms with Crippen molar-refractivity contribution in [2.24, 2.45) is 5.92 Å². The molecule has 18 heavy (non-hydrogen) atoms. The Balaban J connectivity index is 2.04. The highest BCUT2D eigenvalue weighted by molar-refractivity contribution is 5.76. The van der Waals surface area contributed by atoms with Crippen molar-refractivity contribution in [2.75, 3.05) is 26.2 Å². The van der Waals surface area contributed by atoms with Crippen molar-refractivity contribution in [3.05, 3.63) is 0 Å². The zero-order chi connectivity index (χ0) is 13.0. The van der Waals surface area contributed by atoms with Crippen LogP contribution in [-0.2, 0) is 9.53 Å². The first-order chi connectivity index (χ1) is 8.74. The third-order valence-electron chi connectivity index (χ3n) is 4.34. The molecular weight excluding hydrogens is 228 g/mol. The fraction of sp³-hybridized carbons (Fsp3) is 0.929. The van der Waals surface area contributed by atoms with Gasteiger partial charge in [-0.2, -0.15) is 0 Å². The van der Waals surface area contributed by atoms with Gasteiger partial charge in [0, 0.05) is 25.7 Å². The van der Waals surface area contributed by atoms with E-state index in [4.69, 9.17) is 4.74 Å². The van der Waals surface area contributed by atoms with E-state index < -0.39 is 0 Å².